The quantitative estimate of drug-likeness (QED) is 0.319. The van der Waals surface area contributed by atoms with Crippen molar-refractivity contribution in [2.24, 2.45) is 0 Å². The molecule has 5 rings (SSSR count). The molecule has 200 valence electrons. The van der Waals surface area contributed by atoms with E-state index in [9.17, 15) is 30.4 Å². The van der Waals surface area contributed by atoms with Gasteiger partial charge >= 0.3 is 5.97 Å². The minimum absolute atomic E-state index is 0.0366. The molecule has 2 aromatic carbocycles. The van der Waals surface area contributed by atoms with Crippen LogP contribution in [0.25, 0.3) is 0 Å². The number of ether oxygens (including phenoxy) is 3. The van der Waals surface area contributed by atoms with Crippen molar-refractivity contribution in [3.05, 3.63) is 70.9 Å². The number of carboxylic acid groups (broad SMARTS) is 1. The van der Waals surface area contributed by atoms with Gasteiger partial charge in [0.15, 0.2) is 6.10 Å². The maximum absolute atomic E-state index is 12.9. The summed E-state index contributed by atoms with van der Waals surface area (Å²) in [6, 6.07) is 16.8. The number of carboxylic acids is 1. The Balaban J connectivity index is 1.32. The summed E-state index contributed by atoms with van der Waals surface area (Å²) in [6.45, 7) is 0. The molecule has 4 N–H and O–H groups in total. The molecule has 0 radical (unpaired) electrons. The fraction of sp³-hybridized carbons (Fsp3) is 0.519. The maximum Gasteiger partial charge on any atom is 0.335 e. The molecular weight excluding hydrogens is 482 g/mol. The van der Waals surface area contributed by atoms with Gasteiger partial charge in [-0.25, -0.2) is 4.79 Å². The van der Waals surface area contributed by atoms with Crippen LogP contribution < -0.4 is 4.74 Å². The molecule has 2 bridgehead atoms. The number of aliphatic carboxylic acids is 1. The molecule has 4 unspecified atom stereocenters. The van der Waals surface area contributed by atoms with Crippen LogP contribution in [0.5, 0.6) is 5.75 Å². The molecule has 3 fully saturated rings. The van der Waals surface area contributed by atoms with Crippen LogP contribution in [0.2, 0.25) is 0 Å². The van der Waals surface area contributed by atoms with Crippen LogP contribution in [-0.4, -0.2) is 87.0 Å². The Morgan fingerprint density at radius 2 is 1.54 bits per heavy atom. The summed E-state index contributed by atoms with van der Waals surface area (Å²) in [5.74, 6) is -1.19. The third kappa shape index (κ3) is 5.10. The van der Waals surface area contributed by atoms with Gasteiger partial charge < -0.3 is 44.5 Å². The lowest BCUT2D eigenvalue weighted by atomic mass is 9.97. The number of nitrogens with zero attached hydrogens (tertiary/aromatic N) is 1. The standard InChI is InChI=1S/C27H33NO9/c1-28(34)17-9-10-18(28)14-20(13-17)35-24(15-5-3-2-4-6-15)16-7-11-19(12-8-16)36-27-23(31)21(29)22(30)25(37-27)26(32)33/h2-8,11-12,17-18,20-25,27,29-31H,9-10,13-14H2,1H3,(H,32,33)/t17-,18+,20?,21-,22-,23+,24?,25?,27+,28?/m0/s1. The number of fused-ring (bicyclic) bond motifs is 2. The Morgan fingerprint density at radius 1 is 0.946 bits per heavy atom. The molecule has 10 atom stereocenters. The normalized spacial score (nSPS) is 38.2. The number of hydrogen-bond donors (Lipinski definition) is 4. The van der Waals surface area contributed by atoms with Crippen LogP contribution in [0, 0.1) is 5.21 Å². The second-order valence-electron chi connectivity index (χ2n) is 10.4. The van der Waals surface area contributed by atoms with Gasteiger partial charge in [0, 0.05) is 25.7 Å². The predicted octanol–water partition coefficient (Wildman–Crippen LogP) is 1.70. The van der Waals surface area contributed by atoms with Crippen molar-refractivity contribution in [3.8, 4) is 5.75 Å². The first-order valence-electron chi connectivity index (χ1n) is 12.6. The van der Waals surface area contributed by atoms with Crippen LogP contribution in [-0.2, 0) is 14.3 Å². The first kappa shape index (κ1) is 26.1. The second-order valence-corrected chi connectivity index (χ2v) is 10.4. The minimum Gasteiger partial charge on any atom is -0.633 e. The molecule has 3 heterocycles. The van der Waals surface area contributed by atoms with Gasteiger partial charge in [0.2, 0.25) is 6.29 Å². The topological polar surface area (TPSA) is 149 Å². The van der Waals surface area contributed by atoms with Crippen molar-refractivity contribution in [2.45, 2.75) is 80.7 Å². The van der Waals surface area contributed by atoms with Crippen molar-refractivity contribution in [1.29, 1.82) is 0 Å². The van der Waals surface area contributed by atoms with Crippen molar-refractivity contribution in [3.63, 3.8) is 0 Å². The first-order chi connectivity index (χ1) is 17.6. The summed E-state index contributed by atoms with van der Waals surface area (Å²) >= 11 is 0. The number of aliphatic hydroxyl groups excluding tert-OH is 3. The Morgan fingerprint density at radius 3 is 2.14 bits per heavy atom. The smallest absolute Gasteiger partial charge is 0.335 e. The van der Waals surface area contributed by atoms with E-state index in [0.29, 0.717) is 0 Å². The summed E-state index contributed by atoms with van der Waals surface area (Å²) in [5.41, 5.74) is 1.83. The van der Waals surface area contributed by atoms with E-state index in [-0.39, 0.29) is 34.7 Å². The van der Waals surface area contributed by atoms with Crippen LogP contribution in [0.1, 0.15) is 42.9 Å². The summed E-state index contributed by atoms with van der Waals surface area (Å²) in [7, 11) is 1.78. The average molecular weight is 516 g/mol. The van der Waals surface area contributed by atoms with Gasteiger partial charge in [-0.2, -0.15) is 0 Å². The Bertz CT molecular complexity index is 1060. The Labute approximate surface area is 214 Å². The maximum atomic E-state index is 12.9. The number of rotatable bonds is 7. The number of benzene rings is 2. The lowest BCUT2D eigenvalue weighted by Gasteiger charge is -2.50. The summed E-state index contributed by atoms with van der Waals surface area (Å²) in [5, 5.41) is 52.3. The molecular formula is C27H33NO9. The van der Waals surface area contributed by atoms with E-state index in [1.54, 1.807) is 19.2 Å². The molecule has 2 aromatic rings. The molecule has 0 spiro atoms. The highest BCUT2D eigenvalue weighted by Gasteiger charge is 2.49. The number of piperidine rings is 1. The summed E-state index contributed by atoms with van der Waals surface area (Å²) in [4.78, 5) is 11.3. The molecule has 0 aliphatic carbocycles. The molecule has 37 heavy (non-hydrogen) atoms. The van der Waals surface area contributed by atoms with E-state index in [1.807, 2.05) is 42.5 Å². The fourth-order valence-corrected chi connectivity index (χ4v) is 5.84. The highest BCUT2D eigenvalue weighted by molar-refractivity contribution is 5.73. The van der Waals surface area contributed by atoms with Crippen LogP contribution in [0.3, 0.4) is 0 Å². The van der Waals surface area contributed by atoms with Crippen molar-refractivity contribution in [2.75, 3.05) is 7.05 Å². The van der Waals surface area contributed by atoms with E-state index >= 15 is 0 Å². The van der Waals surface area contributed by atoms with Crippen molar-refractivity contribution >= 4 is 5.97 Å². The highest BCUT2D eigenvalue weighted by Crippen LogP contribution is 2.43. The van der Waals surface area contributed by atoms with Gasteiger partial charge in [-0.15, -0.1) is 0 Å². The van der Waals surface area contributed by atoms with E-state index in [2.05, 4.69) is 0 Å². The summed E-state index contributed by atoms with van der Waals surface area (Å²) in [6.07, 6.45) is -5.50. The highest BCUT2D eigenvalue weighted by atomic mass is 16.7. The van der Waals surface area contributed by atoms with E-state index < -0.39 is 36.7 Å². The van der Waals surface area contributed by atoms with E-state index in [1.165, 1.54) is 0 Å². The number of carbonyl (C=O) groups is 1. The lowest BCUT2D eigenvalue weighted by Crippen LogP contribution is -2.61. The third-order valence-electron chi connectivity index (χ3n) is 8.03. The monoisotopic (exact) mass is 515 g/mol. The Kier molecular flexibility index (Phi) is 7.25. The summed E-state index contributed by atoms with van der Waals surface area (Å²) < 4.78 is 17.3. The van der Waals surface area contributed by atoms with Crippen LogP contribution >= 0.6 is 0 Å². The molecule has 3 aliphatic rings. The molecule has 10 nitrogen and oxygen atoms in total. The van der Waals surface area contributed by atoms with Gasteiger partial charge in [-0.1, -0.05) is 42.5 Å². The number of quaternary nitrogens is 1. The SMILES string of the molecule is C[N+]1([O-])[C@@H]2CC[C@H]1CC(OC(c1ccccc1)c1ccc(O[C@@H]3OC(C(=O)O)[C@@H](O)[C@H](O)[C@H]3O)cc1)C2. The van der Waals surface area contributed by atoms with E-state index in [0.717, 1.165) is 36.8 Å². The molecule has 0 amide bonds. The van der Waals surface area contributed by atoms with E-state index in [4.69, 9.17) is 14.2 Å². The second kappa shape index (κ2) is 10.3. The molecule has 0 aromatic heterocycles. The third-order valence-corrected chi connectivity index (χ3v) is 8.03. The van der Waals surface area contributed by atoms with Gasteiger partial charge in [-0.05, 0) is 23.3 Å². The van der Waals surface area contributed by atoms with Crippen molar-refractivity contribution < 1.29 is 44.1 Å². The largest absolute Gasteiger partial charge is 0.633 e. The average Bonchev–Trinajstić information content (AvgIpc) is 3.03. The van der Waals surface area contributed by atoms with Crippen LogP contribution in [0.15, 0.2) is 54.6 Å². The van der Waals surface area contributed by atoms with Gasteiger partial charge in [-0.3, -0.25) is 0 Å². The molecule has 10 heteroatoms. The first-order valence-corrected chi connectivity index (χ1v) is 12.6. The molecule has 3 saturated heterocycles. The molecule has 3 aliphatic heterocycles. The zero-order chi connectivity index (χ0) is 26.3. The van der Waals surface area contributed by atoms with Crippen molar-refractivity contribution in [1.82, 2.24) is 0 Å². The fourth-order valence-electron chi connectivity index (χ4n) is 5.84. The van der Waals surface area contributed by atoms with Gasteiger partial charge in [0.25, 0.3) is 0 Å². The zero-order valence-electron chi connectivity index (χ0n) is 20.5. The lowest BCUT2D eigenvalue weighted by molar-refractivity contribution is -0.903. The predicted molar refractivity (Wildman–Crippen MR) is 130 cm³/mol. The molecule has 0 saturated carbocycles. The zero-order valence-corrected chi connectivity index (χ0v) is 20.5. The van der Waals surface area contributed by atoms with Gasteiger partial charge in [0.1, 0.15) is 30.2 Å². The number of hydroxylamine groups is 3. The van der Waals surface area contributed by atoms with Crippen LogP contribution in [0.4, 0.5) is 0 Å². The van der Waals surface area contributed by atoms with Gasteiger partial charge in [0.05, 0.1) is 25.2 Å². The Hall–Kier alpha value is -2.57. The number of hydrogen-bond acceptors (Lipinski definition) is 8. The minimum atomic E-state index is -1.79. The number of aliphatic hydroxyl groups is 3.